The van der Waals surface area contributed by atoms with Crippen molar-refractivity contribution in [1.82, 2.24) is 8.87 Å². The highest BCUT2D eigenvalue weighted by atomic mass is 32.2. The van der Waals surface area contributed by atoms with E-state index in [1.807, 2.05) is 17.7 Å². The molecular weight excluding hydrogens is 425 g/mol. The molecule has 2 heterocycles. The number of carbonyl (C=O) groups is 1. The third-order valence-electron chi connectivity index (χ3n) is 5.40. The lowest BCUT2D eigenvalue weighted by atomic mass is 10.2. The Morgan fingerprint density at radius 1 is 1.23 bits per heavy atom. The number of hydrogen-bond acceptors (Lipinski definition) is 4. The number of carbonyl (C=O) groups excluding carboxylic acids is 1. The molecule has 0 spiro atoms. The largest absolute Gasteiger partial charge is 0.319 e. The normalized spacial score (nSPS) is 18.4. The quantitative estimate of drug-likeness (QED) is 0.617. The summed E-state index contributed by atoms with van der Waals surface area (Å²) < 4.78 is 43.3. The number of aromatic nitrogens is 1. The van der Waals surface area contributed by atoms with Crippen molar-refractivity contribution in [2.24, 2.45) is 12.0 Å². The van der Waals surface area contributed by atoms with Crippen molar-refractivity contribution in [2.45, 2.75) is 37.1 Å². The van der Waals surface area contributed by atoms with Gasteiger partial charge in [-0.2, -0.15) is 9.30 Å². The van der Waals surface area contributed by atoms with Gasteiger partial charge in [-0.25, -0.2) is 12.8 Å². The van der Waals surface area contributed by atoms with Crippen molar-refractivity contribution in [3.8, 4) is 0 Å². The lowest BCUT2D eigenvalue weighted by Gasteiger charge is -2.21. The molecular formula is C21H22FN3O3S2. The smallest absolute Gasteiger partial charge is 0.266 e. The highest BCUT2D eigenvalue weighted by Gasteiger charge is 2.39. The maximum atomic E-state index is 13.2. The number of thiazole rings is 1. The molecule has 4 rings (SSSR count). The number of benzene rings is 2. The lowest BCUT2D eigenvalue weighted by Crippen LogP contribution is -2.40. The van der Waals surface area contributed by atoms with Crippen molar-refractivity contribution < 1.29 is 17.6 Å². The van der Waals surface area contributed by atoms with E-state index in [9.17, 15) is 17.6 Å². The van der Waals surface area contributed by atoms with Crippen molar-refractivity contribution >= 4 is 37.5 Å². The second kappa shape index (κ2) is 8.05. The minimum atomic E-state index is -3.90. The van der Waals surface area contributed by atoms with Gasteiger partial charge < -0.3 is 4.57 Å². The molecule has 158 valence electrons. The molecule has 1 unspecified atom stereocenters. The van der Waals surface area contributed by atoms with E-state index in [0.29, 0.717) is 17.6 Å². The van der Waals surface area contributed by atoms with Crippen LogP contribution < -0.4 is 4.80 Å². The summed E-state index contributed by atoms with van der Waals surface area (Å²) in [5.74, 6) is -0.988. The molecule has 3 aromatic rings. The number of nitrogens with zero attached hydrogens (tertiary/aromatic N) is 3. The van der Waals surface area contributed by atoms with Crippen molar-refractivity contribution in [1.29, 1.82) is 0 Å². The van der Waals surface area contributed by atoms with Gasteiger partial charge in [0.2, 0.25) is 10.0 Å². The van der Waals surface area contributed by atoms with Crippen LogP contribution in [0.5, 0.6) is 0 Å². The van der Waals surface area contributed by atoms with Gasteiger partial charge in [0.15, 0.2) is 4.80 Å². The van der Waals surface area contributed by atoms with E-state index in [-0.39, 0.29) is 11.4 Å². The maximum Gasteiger partial charge on any atom is 0.266 e. The average molecular weight is 448 g/mol. The first-order valence-electron chi connectivity index (χ1n) is 9.75. The van der Waals surface area contributed by atoms with Crippen LogP contribution >= 0.6 is 11.3 Å². The van der Waals surface area contributed by atoms with E-state index in [1.165, 1.54) is 33.3 Å². The van der Waals surface area contributed by atoms with Gasteiger partial charge in [-0.3, -0.25) is 4.79 Å². The summed E-state index contributed by atoms with van der Waals surface area (Å²) in [5, 5.41) is 0. The predicted octanol–water partition coefficient (Wildman–Crippen LogP) is 3.22. The summed E-state index contributed by atoms with van der Waals surface area (Å²) in [5.41, 5.74) is 2.18. The van der Waals surface area contributed by atoms with Crippen molar-refractivity contribution in [2.75, 3.05) is 6.54 Å². The Labute approximate surface area is 178 Å². The van der Waals surface area contributed by atoms with Gasteiger partial charge in [0.05, 0.1) is 15.1 Å². The van der Waals surface area contributed by atoms with Crippen LogP contribution in [0.2, 0.25) is 0 Å². The average Bonchev–Trinajstić information content (AvgIpc) is 3.34. The number of sulfonamides is 1. The Hall–Kier alpha value is -2.36. The molecule has 6 nitrogen and oxygen atoms in total. The topological polar surface area (TPSA) is 71.7 Å². The van der Waals surface area contributed by atoms with E-state index < -0.39 is 27.8 Å². The SMILES string of the molecule is CCc1ccc2c(c1)sc(=NC(=O)C1CCCN1S(=O)(=O)c1ccc(F)cc1)n2C. The van der Waals surface area contributed by atoms with Crippen LogP contribution in [0.1, 0.15) is 25.3 Å². The molecule has 1 saturated heterocycles. The summed E-state index contributed by atoms with van der Waals surface area (Å²) in [7, 11) is -2.06. The molecule has 0 N–H and O–H groups in total. The lowest BCUT2D eigenvalue weighted by molar-refractivity contribution is -0.121. The fourth-order valence-corrected chi connectivity index (χ4v) is 6.43. The Bertz CT molecular complexity index is 1280. The number of amides is 1. The highest BCUT2D eigenvalue weighted by molar-refractivity contribution is 7.89. The van der Waals surface area contributed by atoms with E-state index in [1.54, 1.807) is 0 Å². The van der Waals surface area contributed by atoms with E-state index in [4.69, 9.17) is 0 Å². The summed E-state index contributed by atoms with van der Waals surface area (Å²) in [6.45, 7) is 2.32. The van der Waals surface area contributed by atoms with Crippen LogP contribution in [0.25, 0.3) is 10.2 Å². The molecule has 0 bridgehead atoms. The Morgan fingerprint density at radius 3 is 2.67 bits per heavy atom. The number of halogens is 1. The first-order valence-corrected chi connectivity index (χ1v) is 12.0. The van der Waals surface area contributed by atoms with Crippen LogP contribution in [0.3, 0.4) is 0 Å². The fraction of sp³-hybridized carbons (Fsp3) is 0.333. The van der Waals surface area contributed by atoms with E-state index in [0.717, 1.165) is 28.8 Å². The zero-order chi connectivity index (χ0) is 21.5. The molecule has 1 aromatic heterocycles. The van der Waals surface area contributed by atoms with Crippen LogP contribution in [-0.4, -0.2) is 35.8 Å². The predicted molar refractivity (Wildman–Crippen MR) is 114 cm³/mol. The first kappa shape index (κ1) is 20.9. The molecule has 0 radical (unpaired) electrons. The first-order chi connectivity index (χ1) is 14.3. The van der Waals surface area contributed by atoms with Crippen LogP contribution in [0.4, 0.5) is 4.39 Å². The van der Waals surface area contributed by atoms with Crippen LogP contribution in [-0.2, 0) is 28.3 Å². The van der Waals surface area contributed by atoms with Crippen molar-refractivity contribution in [3.63, 3.8) is 0 Å². The Morgan fingerprint density at radius 2 is 1.97 bits per heavy atom. The summed E-state index contributed by atoms with van der Waals surface area (Å²) in [4.78, 5) is 17.8. The summed E-state index contributed by atoms with van der Waals surface area (Å²) in [6.07, 6.45) is 1.91. The molecule has 1 fully saturated rings. The van der Waals surface area contributed by atoms with Gasteiger partial charge in [-0.05, 0) is 61.2 Å². The number of rotatable bonds is 4. The zero-order valence-electron chi connectivity index (χ0n) is 16.7. The monoisotopic (exact) mass is 447 g/mol. The number of aryl methyl sites for hydroxylation is 2. The highest BCUT2D eigenvalue weighted by Crippen LogP contribution is 2.27. The fourth-order valence-electron chi connectivity index (χ4n) is 3.69. The summed E-state index contributed by atoms with van der Waals surface area (Å²) >= 11 is 1.41. The minimum Gasteiger partial charge on any atom is -0.319 e. The van der Waals surface area contributed by atoms with Crippen LogP contribution in [0.15, 0.2) is 52.4 Å². The third kappa shape index (κ3) is 3.73. The van der Waals surface area contributed by atoms with E-state index >= 15 is 0 Å². The molecule has 1 aliphatic heterocycles. The van der Waals surface area contributed by atoms with Gasteiger partial charge in [0.1, 0.15) is 11.9 Å². The molecule has 1 atom stereocenters. The molecule has 2 aromatic carbocycles. The van der Waals surface area contributed by atoms with Gasteiger partial charge in [0.25, 0.3) is 5.91 Å². The van der Waals surface area contributed by atoms with Crippen LogP contribution in [0, 0.1) is 5.82 Å². The molecule has 30 heavy (non-hydrogen) atoms. The number of fused-ring (bicyclic) bond motifs is 1. The Kier molecular flexibility index (Phi) is 5.61. The number of hydrogen-bond donors (Lipinski definition) is 0. The second-order valence-electron chi connectivity index (χ2n) is 7.28. The second-order valence-corrected chi connectivity index (χ2v) is 10.2. The minimum absolute atomic E-state index is 0.0249. The molecule has 0 saturated carbocycles. The van der Waals surface area contributed by atoms with Gasteiger partial charge in [0, 0.05) is 13.6 Å². The van der Waals surface area contributed by atoms with E-state index in [2.05, 4.69) is 24.0 Å². The zero-order valence-corrected chi connectivity index (χ0v) is 18.3. The molecule has 9 heteroatoms. The third-order valence-corrected chi connectivity index (χ3v) is 8.41. The summed E-state index contributed by atoms with van der Waals surface area (Å²) in [6, 6.07) is 9.94. The standard InChI is InChI=1S/C21H22FN3O3S2/c1-3-14-6-11-17-19(13-14)29-21(24(17)2)23-20(26)18-5-4-12-25(18)30(27,28)16-9-7-15(22)8-10-16/h6-11,13,18H,3-5,12H2,1-2H3. The van der Waals surface area contributed by atoms with Crippen molar-refractivity contribution in [3.05, 3.63) is 58.6 Å². The van der Waals surface area contributed by atoms with Gasteiger partial charge >= 0.3 is 0 Å². The molecule has 0 aliphatic carbocycles. The molecule has 1 amide bonds. The van der Waals surface area contributed by atoms with Gasteiger partial charge in [-0.15, -0.1) is 0 Å². The Balaban J connectivity index is 1.68. The maximum absolute atomic E-state index is 13.2. The molecule has 1 aliphatic rings. The van der Waals surface area contributed by atoms with Gasteiger partial charge in [-0.1, -0.05) is 24.3 Å².